The topological polar surface area (TPSA) is 89.9 Å². The Labute approximate surface area is 847 Å². The quantitative estimate of drug-likeness (QED) is 0.0482. The van der Waals surface area contributed by atoms with Gasteiger partial charge in [0.25, 0.3) is 0 Å². The Balaban J connectivity index is -0.00000192. The van der Waals surface area contributed by atoms with Crippen molar-refractivity contribution in [2.24, 2.45) is 5.92 Å². The van der Waals surface area contributed by atoms with Crippen molar-refractivity contribution in [2.75, 3.05) is 13.2 Å². The van der Waals surface area contributed by atoms with E-state index in [1.165, 1.54) is 681 Å². The van der Waals surface area contributed by atoms with E-state index in [0.717, 1.165) is 51.4 Å². The molecule has 0 aliphatic carbocycles. The van der Waals surface area contributed by atoms with Gasteiger partial charge in [0.2, 0.25) is 0 Å². The minimum atomic E-state index is -0.551. The van der Waals surface area contributed by atoms with Crippen molar-refractivity contribution in [1.82, 2.24) is 0 Å². The smallest absolute Gasteiger partial charge is 0.306 e. The van der Waals surface area contributed by atoms with Crippen LogP contribution in [-0.4, -0.2) is 36.2 Å². The number of aliphatic carboxylic acids is 1. The van der Waals surface area contributed by atoms with Crippen LogP contribution in [0.3, 0.4) is 0 Å². The van der Waals surface area contributed by atoms with Crippen molar-refractivity contribution < 1.29 is 29.0 Å². The maximum Gasteiger partial charge on any atom is 0.306 e. The number of unbranched alkanes of at least 4 members (excludes halogenated alkanes) is 106. The van der Waals surface area contributed by atoms with Gasteiger partial charge in [0.15, 0.2) is 0 Å². The van der Waals surface area contributed by atoms with Crippen molar-refractivity contribution in [3.63, 3.8) is 0 Å². The Bertz CT molecular complexity index is 2030. The summed E-state index contributed by atoms with van der Waals surface area (Å²) in [5.74, 6) is -0.589. The summed E-state index contributed by atoms with van der Waals surface area (Å²) in [4.78, 5) is 35.7. The predicted molar refractivity (Wildman–Crippen MR) is 603 cm³/mol. The SMILES string of the molecule is CCCCCCCCCCCCCCCCCCCCCC(=O)OCCCCCCCCCCCCCCCCCC.CCCCCCCCCCCCCCCCCCCCCCC(CCCCCCCCCCCCCCCCCCCC)C(=O)O.CCCCCCCCCCCCCCCCCCCCCCOC(=O)CCCCCCCCCCCCCCCCCCCCC. The molecule has 0 saturated carbocycles. The number of carbonyl (C=O) groups is 3. The van der Waals surface area contributed by atoms with Gasteiger partial charge in [0.05, 0.1) is 19.1 Å². The number of carbonyl (C=O) groups excluding carboxylic acids is 2. The molecule has 0 amide bonds. The van der Waals surface area contributed by atoms with E-state index in [1.54, 1.807) is 0 Å². The highest BCUT2D eigenvalue weighted by Crippen LogP contribution is 2.26. The molecule has 0 aliphatic heterocycles. The molecule has 0 fully saturated rings. The van der Waals surface area contributed by atoms with E-state index in [2.05, 4.69) is 41.5 Å². The summed E-state index contributed by atoms with van der Waals surface area (Å²) in [6.45, 7) is 15.0. The number of hydrogen-bond donors (Lipinski definition) is 1. The van der Waals surface area contributed by atoms with Gasteiger partial charge in [0.1, 0.15) is 0 Å². The lowest BCUT2D eigenvalue weighted by Crippen LogP contribution is -2.13. The van der Waals surface area contributed by atoms with E-state index < -0.39 is 5.97 Å². The van der Waals surface area contributed by atoms with Crippen molar-refractivity contribution in [3.05, 3.63) is 0 Å². The molecular formula is C128H256O6. The molecule has 134 heavy (non-hydrogen) atoms. The number of carboxylic acids is 1. The highest BCUT2D eigenvalue weighted by Gasteiger charge is 2.17. The molecule has 0 radical (unpaired) electrons. The van der Waals surface area contributed by atoms with Crippen molar-refractivity contribution in [1.29, 1.82) is 0 Å². The maximum absolute atomic E-state index is 12.0. The van der Waals surface area contributed by atoms with E-state index in [1.807, 2.05) is 0 Å². The zero-order chi connectivity index (χ0) is 97.2. The third-order valence-electron chi connectivity index (χ3n) is 30.2. The lowest BCUT2D eigenvalue weighted by Gasteiger charge is -2.12. The molecule has 0 aromatic carbocycles. The third-order valence-corrected chi connectivity index (χ3v) is 30.2. The standard InChI is InChI=1S/2C44H88O2.C40H80O2/c1-3-5-7-9-11-13-15-17-19-21-23-24-26-28-30-32-34-36-38-40-42-43(44(45)46)41-39-37-35-33-31-29-27-25-22-20-18-16-14-12-10-8-6-4-2;1-3-5-7-9-11-13-15-17-19-21-23-25-27-29-31-33-35-37-39-41-43-46-44(45)42-40-38-36-34-32-30-28-26-24-22-20-18-16-14-12-10-8-6-4-2;1-3-5-7-9-11-13-15-17-19-21-22-23-24-26-28-30-32-34-36-38-40(41)42-39-37-35-33-31-29-27-25-20-18-16-14-12-10-8-6-4-2/h43H,3-42H2,1-2H3,(H,45,46);3-43H2,1-2H3;3-39H2,1-2H3. The van der Waals surface area contributed by atoms with Crippen LogP contribution in [0.25, 0.3) is 0 Å². The first kappa shape index (κ1) is 137. The molecule has 6 heteroatoms. The summed E-state index contributed by atoms with van der Waals surface area (Å²) < 4.78 is 10.9. The van der Waals surface area contributed by atoms with E-state index in [0.29, 0.717) is 26.1 Å². The second-order valence-electron chi connectivity index (χ2n) is 44.0. The fraction of sp³-hybridized carbons (Fsp3) is 0.977. The highest BCUT2D eigenvalue weighted by molar-refractivity contribution is 5.70. The van der Waals surface area contributed by atoms with Gasteiger partial charge in [-0.05, 0) is 38.5 Å². The molecule has 1 N–H and O–H groups in total. The first-order valence-corrected chi connectivity index (χ1v) is 63.9. The van der Waals surface area contributed by atoms with Crippen molar-refractivity contribution in [3.8, 4) is 0 Å². The van der Waals surface area contributed by atoms with Crippen LogP contribution < -0.4 is 0 Å². The monoisotopic (exact) mass is 1890 g/mol. The van der Waals surface area contributed by atoms with Gasteiger partial charge in [-0.2, -0.15) is 0 Å². The average Bonchev–Trinajstić information content (AvgIpc) is 0.964. The Hall–Kier alpha value is -1.59. The maximum atomic E-state index is 12.0. The van der Waals surface area contributed by atoms with Gasteiger partial charge >= 0.3 is 17.9 Å². The molecule has 6 nitrogen and oxygen atoms in total. The molecule has 0 aromatic heterocycles. The molecular weight excluding hydrogens is 1630 g/mol. The molecule has 0 rings (SSSR count). The van der Waals surface area contributed by atoms with Crippen LogP contribution in [0.15, 0.2) is 0 Å². The van der Waals surface area contributed by atoms with Gasteiger partial charge in [-0.25, -0.2) is 0 Å². The van der Waals surface area contributed by atoms with Crippen LogP contribution in [0, 0.1) is 5.92 Å². The lowest BCUT2D eigenvalue weighted by molar-refractivity contribution is -0.144. The van der Waals surface area contributed by atoms with Gasteiger partial charge in [0, 0.05) is 12.8 Å². The minimum Gasteiger partial charge on any atom is -0.481 e. The van der Waals surface area contributed by atoms with Crippen LogP contribution in [0.1, 0.15) is 786 Å². The number of carboxylic acid groups (broad SMARTS) is 1. The molecule has 0 aromatic rings. The molecule has 0 aliphatic rings. The highest BCUT2D eigenvalue weighted by atomic mass is 16.5. The summed E-state index contributed by atoms with van der Waals surface area (Å²) in [5, 5.41) is 9.68. The van der Waals surface area contributed by atoms with Crippen LogP contribution in [-0.2, 0) is 23.9 Å². The first-order chi connectivity index (χ1) is 66.3. The van der Waals surface area contributed by atoms with Crippen LogP contribution in [0.5, 0.6) is 0 Å². The fourth-order valence-electron chi connectivity index (χ4n) is 20.5. The zero-order valence-corrected chi connectivity index (χ0v) is 94.0. The first-order valence-electron chi connectivity index (χ1n) is 63.9. The summed E-state index contributed by atoms with van der Waals surface area (Å²) in [5.41, 5.74) is 0. The summed E-state index contributed by atoms with van der Waals surface area (Å²) in [6.07, 6.45) is 159. The Morgan fingerprint density at radius 3 is 0.351 bits per heavy atom. The fourth-order valence-corrected chi connectivity index (χ4v) is 20.5. The predicted octanol–water partition coefficient (Wildman–Crippen LogP) is 47.1. The molecule has 1 atom stereocenters. The van der Waals surface area contributed by atoms with Crippen molar-refractivity contribution in [2.45, 2.75) is 786 Å². The number of ether oxygens (including phenoxy) is 2. The number of rotatable bonds is 119. The zero-order valence-electron chi connectivity index (χ0n) is 94.0. The van der Waals surface area contributed by atoms with E-state index in [9.17, 15) is 19.5 Å². The summed E-state index contributed by atoms with van der Waals surface area (Å²) >= 11 is 0. The number of hydrogen-bond acceptors (Lipinski definition) is 5. The molecule has 0 spiro atoms. The summed E-state index contributed by atoms with van der Waals surface area (Å²) in [6, 6.07) is 0. The molecule has 0 heterocycles. The van der Waals surface area contributed by atoms with E-state index in [4.69, 9.17) is 9.47 Å². The minimum absolute atomic E-state index is 0.0305. The largest absolute Gasteiger partial charge is 0.481 e. The van der Waals surface area contributed by atoms with Gasteiger partial charge in [-0.1, -0.05) is 735 Å². The second kappa shape index (κ2) is 131. The van der Waals surface area contributed by atoms with Gasteiger partial charge < -0.3 is 14.6 Å². The van der Waals surface area contributed by atoms with E-state index >= 15 is 0 Å². The second-order valence-corrected chi connectivity index (χ2v) is 44.0. The molecule has 804 valence electrons. The summed E-state index contributed by atoms with van der Waals surface area (Å²) in [7, 11) is 0. The Morgan fingerprint density at radius 2 is 0.239 bits per heavy atom. The third kappa shape index (κ3) is 132. The van der Waals surface area contributed by atoms with Gasteiger partial charge in [-0.3, -0.25) is 14.4 Å². The van der Waals surface area contributed by atoms with Gasteiger partial charge in [-0.15, -0.1) is 0 Å². The van der Waals surface area contributed by atoms with Crippen LogP contribution in [0.2, 0.25) is 0 Å². The van der Waals surface area contributed by atoms with E-state index in [-0.39, 0.29) is 17.9 Å². The number of esters is 2. The van der Waals surface area contributed by atoms with Crippen molar-refractivity contribution >= 4 is 17.9 Å². The Kier molecular flexibility index (Phi) is 134. The van der Waals surface area contributed by atoms with Crippen LogP contribution in [0.4, 0.5) is 0 Å². The average molecular weight is 1890 g/mol. The normalized spacial score (nSPS) is 11.7. The Morgan fingerprint density at radius 1 is 0.142 bits per heavy atom. The molecule has 1 unspecified atom stereocenters. The molecule has 0 bridgehead atoms. The lowest BCUT2D eigenvalue weighted by atomic mass is 9.94. The van der Waals surface area contributed by atoms with Crippen LogP contribution >= 0.6 is 0 Å². The molecule has 0 saturated heterocycles.